The number of nitrogens with zero attached hydrogens (tertiary/aromatic N) is 1. The fraction of sp³-hybridized carbons (Fsp3) is 1.00. The number of ether oxygens (including phenoxy) is 1. The third-order valence-corrected chi connectivity index (χ3v) is 3.62. The maximum absolute atomic E-state index is 5.15. The fourth-order valence-corrected chi connectivity index (χ4v) is 2.66. The van der Waals surface area contributed by atoms with Gasteiger partial charge in [-0.15, -0.1) is 0 Å². The van der Waals surface area contributed by atoms with Crippen molar-refractivity contribution in [2.24, 2.45) is 11.8 Å². The van der Waals surface area contributed by atoms with Gasteiger partial charge in [0.25, 0.3) is 0 Å². The molecule has 0 aromatic carbocycles. The van der Waals surface area contributed by atoms with Crippen LogP contribution in [0.15, 0.2) is 0 Å². The zero-order valence-corrected chi connectivity index (χ0v) is 10.1. The minimum absolute atomic E-state index is 0.735. The van der Waals surface area contributed by atoms with E-state index in [0.29, 0.717) is 0 Å². The van der Waals surface area contributed by atoms with Crippen LogP contribution in [0, 0.1) is 11.8 Å². The Kier molecular flexibility index (Phi) is 4.90. The molecule has 1 rings (SSSR count). The third-order valence-electron chi connectivity index (χ3n) is 3.62. The molecule has 1 fully saturated rings. The van der Waals surface area contributed by atoms with Crippen molar-refractivity contribution in [3.8, 4) is 0 Å². The summed E-state index contributed by atoms with van der Waals surface area (Å²) in [6, 6.07) is 0.735. The molecule has 2 nitrogen and oxygen atoms in total. The molecule has 84 valence electrons. The Hall–Kier alpha value is -0.0800. The summed E-state index contributed by atoms with van der Waals surface area (Å²) in [5, 5.41) is 0. The van der Waals surface area contributed by atoms with E-state index in [9.17, 15) is 0 Å². The molecule has 0 spiro atoms. The molecule has 1 heterocycles. The maximum atomic E-state index is 5.15. The summed E-state index contributed by atoms with van der Waals surface area (Å²) in [4.78, 5) is 2.58. The molecule has 0 aromatic heterocycles. The van der Waals surface area contributed by atoms with E-state index in [2.05, 4.69) is 25.7 Å². The molecule has 0 saturated carbocycles. The second-order valence-corrected chi connectivity index (χ2v) is 4.82. The van der Waals surface area contributed by atoms with Gasteiger partial charge < -0.3 is 4.74 Å². The van der Waals surface area contributed by atoms with Gasteiger partial charge in [0, 0.05) is 19.7 Å². The third kappa shape index (κ3) is 2.96. The standard InChI is InChI=1S/C12H25NO/c1-10(2)12-6-5-7-13(11(12)3)8-9-14-4/h10-12H,5-9H2,1-4H3/t11-,12+/m0/s1. The molecule has 2 heteroatoms. The molecule has 14 heavy (non-hydrogen) atoms. The highest BCUT2D eigenvalue weighted by Crippen LogP contribution is 2.29. The SMILES string of the molecule is COCCN1CCC[C@H](C(C)C)[C@@H]1C. The van der Waals surface area contributed by atoms with E-state index in [0.717, 1.165) is 31.0 Å². The summed E-state index contributed by atoms with van der Waals surface area (Å²) in [6.45, 7) is 10.3. The number of hydrogen-bond acceptors (Lipinski definition) is 2. The first-order valence-corrected chi connectivity index (χ1v) is 5.89. The van der Waals surface area contributed by atoms with Gasteiger partial charge in [-0.2, -0.15) is 0 Å². The topological polar surface area (TPSA) is 12.5 Å². The van der Waals surface area contributed by atoms with Crippen molar-refractivity contribution >= 4 is 0 Å². The van der Waals surface area contributed by atoms with Crippen LogP contribution in [0.4, 0.5) is 0 Å². The van der Waals surface area contributed by atoms with E-state index in [-0.39, 0.29) is 0 Å². The van der Waals surface area contributed by atoms with Gasteiger partial charge in [-0.25, -0.2) is 0 Å². The molecule has 2 atom stereocenters. The zero-order valence-electron chi connectivity index (χ0n) is 10.1. The second-order valence-electron chi connectivity index (χ2n) is 4.82. The van der Waals surface area contributed by atoms with Crippen molar-refractivity contribution in [2.75, 3.05) is 26.8 Å². The van der Waals surface area contributed by atoms with Gasteiger partial charge in [-0.1, -0.05) is 13.8 Å². The number of likely N-dealkylation sites (tertiary alicyclic amines) is 1. The lowest BCUT2D eigenvalue weighted by atomic mass is 9.82. The van der Waals surface area contributed by atoms with Crippen molar-refractivity contribution in [3.05, 3.63) is 0 Å². The molecule has 0 radical (unpaired) electrons. The zero-order chi connectivity index (χ0) is 10.6. The summed E-state index contributed by atoms with van der Waals surface area (Å²) >= 11 is 0. The van der Waals surface area contributed by atoms with Gasteiger partial charge >= 0.3 is 0 Å². The maximum Gasteiger partial charge on any atom is 0.0589 e. The minimum Gasteiger partial charge on any atom is -0.383 e. The molecular weight excluding hydrogens is 174 g/mol. The summed E-state index contributed by atoms with van der Waals surface area (Å²) in [7, 11) is 1.79. The number of methoxy groups -OCH3 is 1. The number of rotatable bonds is 4. The lowest BCUT2D eigenvalue weighted by Crippen LogP contribution is -2.46. The summed E-state index contributed by atoms with van der Waals surface area (Å²) in [5.74, 6) is 1.69. The van der Waals surface area contributed by atoms with Gasteiger partial charge in [0.15, 0.2) is 0 Å². The normalized spacial score (nSPS) is 29.8. The molecule has 0 aromatic rings. The van der Waals surface area contributed by atoms with Gasteiger partial charge in [0.1, 0.15) is 0 Å². The molecule has 1 aliphatic rings. The van der Waals surface area contributed by atoms with E-state index in [1.165, 1.54) is 19.4 Å². The van der Waals surface area contributed by atoms with Crippen LogP contribution in [-0.4, -0.2) is 37.7 Å². The first-order valence-electron chi connectivity index (χ1n) is 5.89. The molecule has 0 unspecified atom stereocenters. The predicted octanol–water partition coefficient (Wildman–Crippen LogP) is 2.39. The van der Waals surface area contributed by atoms with Crippen LogP contribution in [-0.2, 0) is 4.74 Å². The highest BCUT2D eigenvalue weighted by Gasteiger charge is 2.29. The van der Waals surface area contributed by atoms with Crippen LogP contribution in [0.25, 0.3) is 0 Å². The quantitative estimate of drug-likeness (QED) is 0.689. The summed E-state index contributed by atoms with van der Waals surface area (Å²) in [6.07, 6.45) is 2.76. The van der Waals surface area contributed by atoms with Gasteiger partial charge in [0.2, 0.25) is 0 Å². The predicted molar refractivity (Wildman–Crippen MR) is 60.5 cm³/mol. The molecule has 0 N–H and O–H groups in total. The second kappa shape index (κ2) is 5.72. The highest BCUT2D eigenvalue weighted by atomic mass is 16.5. The molecular formula is C12H25NO. The lowest BCUT2D eigenvalue weighted by Gasteiger charge is -2.41. The Morgan fingerprint density at radius 1 is 1.43 bits per heavy atom. The van der Waals surface area contributed by atoms with Crippen LogP contribution in [0.2, 0.25) is 0 Å². The van der Waals surface area contributed by atoms with E-state index < -0.39 is 0 Å². The van der Waals surface area contributed by atoms with Gasteiger partial charge in [-0.05, 0) is 38.1 Å². The lowest BCUT2D eigenvalue weighted by molar-refractivity contribution is 0.0539. The summed E-state index contributed by atoms with van der Waals surface area (Å²) in [5.41, 5.74) is 0. The van der Waals surface area contributed by atoms with Crippen molar-refractivity contribution in [1.29, 1.82) is 0 Å². The largest absolute Gasteiger partial charge is 0.383 e. The van der Waals surface area contributed by atoms with Crippen LogP contribution in [0.3, 0.4) is 0 Å². The first kappa shape index (κ1) is 12.0. The number of piperidine rings is 1. The highest BCUT2D eigenvalue weighted by molar-refractivity contribution is 4.82. The van der Waals surface area contributed by atoms with Gasteiger partial charge in [-0.3, -0.25) is 4.90 Å². The Labute approximate surface area is 88.6 Å². The van der Waals surface area contributed by atoms with Crippen LogP contribution >= 0.6 is 0 Å². The number of hydrogen-bond donors (Lipinski definition) is 0. The van der Waals surface area contributed by atoms with Crippen molar-refractivity contribution < 1.29 is 4.74 Å². The Balaban J connectivity index is 2.43. The van der Waals surface area contributed by atoms with Crippen molar-refractivity contribution in [3.63, 3.8) is 0 Å². The molecule has 1 saturated heterocycles. The molecule has 0 aliphatic carbocycles. The average Bonchev–Trinajstić information content (AvgIpc) is 2.16. The molecule has 0 amide bonds. The first-order chi connectivity index (χ1) is 6.66. The van der Waals surface area contributed by atoms with Crippen LogP contribution in [0.5, 0.6) is 0 Å². The van der Waals surface area contributed by atoms with E-state index in [1.54, 1.807) is 7.11 Å². The average molecular weight is 199 g/mol. The molecule has 0 bridgehead atoms. The minimum atomic E-state index is 0.735. The van der Waals surface area contributed by atoms with Crippen LogP contribution < -0.4 is 0 Å². The Morgan fingerprint density at radius 3 is 2.71 bits per heavy atom. The van der Waals surface area contributed by atoms with Crippen LogP contribution in [0.1, 0.15) is 33.6 Å². The molecule has 1 aliphatic heterocycles. The van der Waals surface area contributed by atoms with Crippen molar-refractivity contribution in [1.82, 2.24) is 4.90 Å². The monoisotopic (exact) mass is 199 g/mol. The Bertz CT molecular complexity index is 158. The fourth-order valence-electron chi connectivity index (χ4n) is 2.66. The summed E-state index contributed by atoms with van der Waals surface area (Å²) < 4.78 is 5.15. The Morgan fingerprint density at radius 2 is 2.14 bits per heavy atom. The van der Waals surface area contributed by atoms with E-state index >= 15 is 0 Å². The van der Waals surface area contributed by atoms with Gasteiger partial charge in [0.05, 0.1) is 6.61 Å². The van der Waals surface area contributed by atoms with E-state index in [4.69, 9.17) is 4.74 Å². The van der Waals surface area contributed by atoms with Crippen molar-refractivity contribution in [2.45, 2.75) is 39.7 Å². The van der Waals surface area contributed by atoms with E-state index in [1.807, 2.05) is 0 Å². The smallest absolute Gasteiger partial charge is 0.0589 e.